The number of rotatable bonds is 4. The summed E-state index contributed by atoms with van der Waals surface area (Å²) in [6.07, 6.45) is 0.329. The predicted molar refractivity (Wildman–Crippen MR) is 114 cm³/mol. The number of aliphatic hydroxyl groups excluding tert-OH is 1. The summed E-state index contributed by atoms with van der Waals surface area (Å²) in [5, 5.41) is 14.0. The molecule has 0 fully saturated rings. The predicted octanol–water partition coefficient (Wildman–Crippen LogP) is 4.86. The molecule has 1 aliphatic rings. The van der Waals surface area contributed by atoms with Gasteiger partial charge in [-0.05, 0) is 50.3 Å². The van der Waals surface area contributed by atoms with Crippen molar-refractivity contribution in [2.45, 2.75) is 62.4 Å². The molecule has 2 aromatic carbocycles. The van der Waals surface area contributed by atoms with E-state index >= 15 is 0 Å². The van der Waals surface area contributed by atoms with Gasteiger partial charge in [-0.25, -0.2) is 4.79 Å². The van der Waals surface area contributed by atoms with Crippen LogP contribution in [0.5, 0.6) is 0 Å². The average Bonchev–Trinajstić information content (AvgIpc) is 2.77. The van der Waals surface area contributed by atoms with Crippen molar-refractivity contribution in [3.05, 3.63) is 71.3 Å². The molecule has 0 aromatic heterocycles. The molecule has 0 radical (unpaired) electrons. The summed E-state index contributed by atoms with van der Waals surface area (Å²) in [5.74, 6) is 0.802. The fourth-order valence-electron chi connectivity index (χ4n) is 3.48. The summed E-state index contributed by atoms with van der Waals surface area (Å²) >= 11 is 1.72. The van der Waals surface area contributed by atoms with Crippen molar-refractivity contribution in [1.82, 2.24) is 5.32 Å². The van der Waals surface area contributed by atoms with Gasteiger partial charge in [0.25, 0.3) is 0 Å². The van der Waals surface area contributed by atoms with Crippen molar-refractivity contribution in [2.24, 2.45) is 0 Å². The number of carbonyl (C=O) groups excluding carboxylic acids is 1. The Balaban J connectivity index is 1.78. The molecule has 0 spiro atoms. The van der Waals surface area contributed by atoms with Gasteiger partial charge in [0.05, 0.1) is 17.4 Å². The molecule has 3 unspecified atom stereocenters. The van der Waals surface area contributed by atoms with Crippen LogP contribution in [0.2, 0.25) is 0 Å². The molecule has 0 bridgehead atoms. The molecule has 3 rings (SSSR count). The first-order valence-corrected chi connectivity index (χ1v) is 10.8. The van der Waals surface area contributed by atoms with Crippen LogP contribution in [0.1, 0.15) is 49.1 Å². The number of hydrogen-bond acceptors (Lipinski definition) is 4. The van der Waals surface area contributed by atoms with E-state index in [-0.39, 0.29) is 11.3 Å². The lowest BCUT2D eigenvalue weighted by molar-refractivity contribution is 0.0417. The molecule has 0 saturated heterocycles. The molecule has 5 heteroatoms. The topological polar surface area (TPSA) is 58.6 Å². The molecule has 0 aliphatic heterocycles. The molecular formula is C23H29NO3S. The van der Waals surface area contributed by atoms with Crippen LogP contribution in [-0.4, -0.2) is 28.9 Å². The van der Waals surface area contributed by atoms with Crippen LogP contribution < -0.4 is 5.32 Å². The van der Waals surface area contributed by atoms with Gasteiger partial charge in [0, 0.05) is 5.75 Å². The number of carbonyl (C=O) groups is 1. The quantitative estimate of drug-likeness (QED) is 0.721. The van der Waals surface area contributed by atoms with Gasteiger partial charge in [-0.2, -0.15) is 0 Å². The summed E-state index contributed by atoms with van der Waals surface area (Å²) < 4.78 is 5.40. The van der Waals surface area contributed by atoms with E-state index in [2.05, 4.69) is 29.6 Å². The Morgan fingerprint density at radius 3 is 2.54 bits per heavy atom. The van der Waals surface area contributed by atoms with Crippen molar-refractivity contribution < 1.29 is 14.6 Å². The van der Waals surface area contributed by atoms with Gasteiger partial charge in [0.2, 0.25) is 0 Å². The second kappa shape index (κ2) is 9.01. The van der Waals surface area contributed by atoms with Crippen LogP contribution >= 0.6 is 11.8 Å². The van der Waals surface area contributed by atoms with E-state index in [4.69, 9.17) is 4.74 Å². The van der Waals surface area contributed by atoms with Crippen LogP contribution in [0.3, 0.4) is 0 Å². The molecule has 2 aromatic rings. The van der Waals surface area contributed by atoms with Crippen LogP contribution in [0.4, 0.5) is 4.79 Å². The molecule has 4 nitrogen and oxygen atoms in total. The molecule has 1 amide bonds. The van der Waals surface area contributed by atoms with Crippen molar-refractivity contribution in [3.8, 4) is 0 Å². The maximum Gasteiger partial charge on any atom is 0.407 e. The number of alkyl carbamates (subject to hydrolysis) is 1. The first-order chi connectivity index (χ1) is 13.3. The molecular weight excluding hydrogens is 370 g/mol. The number of hydrogen-bond donors (Lipinski definition) is 2. The Morgan fingerprint density at radius 2 is 1.82 bits per heavy atom. The third-order valence-electron chi connectivity index (χ3n) is 4.78. The third kappa shape index (κ3) is 5.52. The summed E-state index contributed by atoms with van der Waals surface area (Å²) in [6, 6.07) is 18.2. The number of ether oxygens (including phenoxy) is 1. The van der Waals surface area contributed by atoms with Gasteiger partial charge in [-0.3, -0.25) is 0 Å². The Kier molecular flexibility index (Phi) is 6.68. The zero-order valence-electron chi connectivity index (χ0n) is 16.7. The van der Waals surface area contributed by atoms with E-state index in [1.807, 2.05) is 51.1 Å². The lowest BCUT2D eigenvalue weighted by atomic mass is 10.0. The zero-order chi connectivity index (χ0) is 20.1. The second-order valence-corrected chi connectivity index (χ2v) is 9.33. The molecule has 3 atom stereocenters. The first kappa shape index (κ1) is 20.7. The SMILES string of the molecule is CC(C)(C)OC(=O)NC1CCc2ccccc2C(SCc2ccccc2)C1O. The normalized spacial score (nSPS) is 22.1. The first-order valence-electron chi connectivity index (χ1n) is 9.74. The molecule has 150 valence electrons. The van der Waals surface area contributed by atoms with Gasteiger partial charge < -0.3 is 15.2 Å². The van der Waals surface area contributed by atoms with E-state index in [0.29, 0.717) is 6.42 Å². The minimum Gasteiger partial charge on any atom is -0.444 e. The second-order valence-electron chi connectivity index (χ2n) is 8.20. The number of nitrogens with one attached hydrogen (secondary N) is 1. The van der Waals surface area contributed by atoms with Crippen molar-refractivity contribution in [3.63, 3.8) is 0 Å². The molecule has 28 heavy (non-hydrogen) atoms. The molecule has 0 heterocycles. The summed E-state index contributed by atoms with van der Waals surface area (Å²) in [6.45, 7) is 5.51. The summed E-state index contributed by atoms with van der Waals surface area (Å²) in [5.41, 5.74) is 3.05. The van der Waals surface area contributed by atoms with Crippen LogP contribution in [0.15, 0.2) is 54.6 Å². The van der Waals surface area contributed by atoms with E-state index in [0.717, 1.165) is 17.7 Å². The van der Waals surface area contributed by atoms with Crippen molar-refractivity contribution in [2.75, 3.05) is 0 Å². The fraction of sp³-hybridized carbons (Fsp3) is 0.435. The van der Waals surface area contributed by atoms with E-state index in [9.17, 15) is 9.90 Å². The molecule has 1 aliphatic carbocycles. The van der Waals surface area contributed by atoms with Gasteiger partial charge in [0.1, 0.15) is 5.60 Å². The van der Waals surface area contributed by atoms with E-state index in [1.54, 1.807) is 11.8 Å². The van der Waals surface area contributed by atoms with E-state index in [1.165, 1.54) is 11.1 Å². The third-order valence-corrected chi connectivity index (χ3v) is 6.18. The number of fused-ring (bicyclic) bond motifs is 1. The van der Waals surface area contributed by atoms with Crippen molar-refractivity contribution in [1.29, 1.82) is 0 Å². The molecule has 2 N–H and O–H groups in total. The van der Waals surface area contributed by atoms with Gasteiger partial charge in [-0.1, -0.05) is 54.6 Å². The highest BCUT2D eigenvalue weighted by Crippen LogP contribution is 2.40. The fourth-order valence-corrected chi connectivity index (χ4v) is 4.84. The molecule has 0 saturated carbocycles. The van der Waals surface area contributed by atoms with Crippen LogP contribution in [0, 0.1) is 0 Å². The van der Waals surface area contributed by atoms with Gasteiger partial charge >= 0.3 is 6.09 Å². The summed E-state index contributed by atoms with van der Waals surface area (Å²) in [7, 11) is 0. The summed E-state index contributed by atoms with van der Waals surface area (Å²) in [4.78, 5) is 12.3. The highest BCUT2D eigenvalue weighted by molar-refractivity contribution is 7.98. The maximum absolute atomic E-state index is 12.3. The largest absolute Gasteiger partial charge is 0.444 e. The zero-order valence-corrected chi connectivity index (χ0v) is 17.5. The van der Waals surface area contributed by atoms with Gasteiger partial charge in [-0.15, -0.1) is 11.8 Å². The average molecular weight is 400 g/mol. The Labute approximate surface area is 171 Å². The number of aliphatic hydroxyl groups is 1. The van der Waals surface area contributed by atoms with Crippen molar-refractivity contribution >= 4 is 17.9 Å². The minimum absolute atomic E-state index is 0.112. The van der Waals surface area contributed by atoms with Gasteiger partial charge in [0.15, 0.2) is 0 Å². The number of amides is 1. The number of aryl methyl sites for hydroxylation is 1. The van der Waals surface area contributed by atoms with Crippen LogP contribution in [-0.2, 0) is 16.9 Å². The minimum atomic E-state index is -0.690. The van der Waals surface area contributed by atoms with Crippen LogP contribution in [0.25, 0.3) is 0 Å². The standard InChI is InChI=1S/C23H29NO3S/c1-23(2,3)27-22(26)24-19-14-13-17-11-7-8-12-18(17)21(20(19)25)28-15-16-9-5-4-6-10-16/h4-12,19-21,25H,13-15H2,1-3H3,(H,24,26). The Bertz CT molecular complexity index is 788. The number of benzene rings is 2. The Hall–Kier alpha value is -1.98. The van der Waals surface area contributed by atoms with E-state index < -0.39 is 17.8 Å². The number of thioether (sulfide) groups is 1. The monoisotopic (exact) mass is 399 g/mol. The smallest absolute Gasteiger partial charge is 0.407 e. The Morgan fingerprint density at radius 1 is 1.14 bits per heavy atom. The maximum atomic E-state index is 12.3. The highest BCUT2D eigenvalue weighted by Gasteiger charge is 2.35. The highest BCUT2D eigenvalue weighted by atomic mass is 32.2. The lowest BCUT2D eigenvalue weighted by Crippen LogP contribution is -2.46. The lowest BCUT2D eigenvalue weighted by Gasteiger charge is -2.29.